The average molecular weight is 263 g/mol. The van der Waals surface area contributed by atoms with Crippen molar-refractivity contribution in [3.63, 3.8) is 0 Å². The maximum absolute atomic E-state index is 10.8. The minimum Gasteiger partial charge on any atom is -0.493 e. The summed E-state index contributed by atoms with van der Waals surface area (Å²) in [5, 5.41) is 8.88. The normalized spacial score (nSPS) is 15.1. The van der Waals surface area contributed by atoms with Crippen molar-refractivity contribution in [1.82, 2.24) is 4.90 Å². The van der Waals surface area contributed by atoms with Crippen molar-refractivity contribution >= 4 is 5.97 Å². The van der Waals surface area contributed by atoms with E-state index in [2.05, 4.69) is 17.0 Å². The molecule has 0 amide bonds. The van der Waals surface area contributed by atoms with Crippen molar-refractivity contribution in [3.8, 4) is 5.75 Å². The maximum atomic E-state index is 10.8. The topological polar surface area (TPSA) is 49.8 Å². The largest absolute Gasteiger partial charge is 0.493 e. The fourth-order valence-corrected chi connectivity index (χ4v) is 2.35. The molecular formula is C15H21NO3. The van der Waals surface area contributed by atoms with Crippen molar-refractivity contribution in [2.75, 3.05) is 26.7 Å². The lowest BCUT2D eigenvalue weighted by Crippen LogP contribution is -2.30. The number of rotatable bonds is 6. The molecule has 1 aliphatic rings. The van der Waals surface area contributed by atoms with Gasteiger partial charge in [-0.05, 0) is 30.7 Å². The summed E-state index contributed by atoms with van der Waals surface area (Å²) in [4.78, 5) is 12.9. The van der Waals surface area contributed by atoms with Crippen LogP contribution in [0, 0.1) is 5.92 Å². The number of aliphatic carboxylic acids is 1. The monoisotopic (exact) mass is 263 g/mol. The lowest BCUT2D eigenvalue weighted by Gasteiger charge is -2.19. The minimum atomic E-state index is -0.735. The van der Waals surface area contributed by atoms with Gasteiger partial charge in [-0.3, -0.25) is 4.79 Å². The summed E-state index contributed by atoms with van der Waals surface area (Å²) in [6.45, 7) is 3.99. The van der Waals surface area contributed by atoms with E-state index in [4.69, 9.17) is 9.84 Å². The molecule has 19 heavy (non-hydrogen) atoms. The second kappa shape index (κ2) is 6.06. The molecule has 4 nitrogen and oxygen atoms in total. The zero-order valence-corrected chi connectivity index (χ0v) is 11.6. The van der Waals surface area contributed by atoms with Gasteiger partial charge in [0.15, 0.2) is 0 Å². The molecule has 1 aromatic carbocycles. The first-order valence-electron chi connectivity index (χ1n) is 6.72. The molecule has 1 heterocycles. The molecule has 0 radical (unpaired) electrons. The third-order valence-electron chi connectivity index (χ3n) is 3.54. The second-order valence-corrected chi connectivity index (χ2v) is 5.29. The third kappa shape index (κ3) is 3.70. The third-order valence-corrected chi connectivity index (χ3v) is 3.54. The zero-order valence-electron chi connectivity index (χ0n) is 11.6. The Hall–Kier alpha value is -1.55. The molecule has 1 aliphatic heterocycles. The molecule has 0 bridgehead atoms. The number of carbonyl (C=O) groups is 1. The van der Waals surface area contributed by atoms with E-state index in [0.717, 1.165) is 31.7 Å². The van der Waals surface area contributed by atoms with Crippen LogP contribution in [-0.4, -0.2) is 42.7 Å². The molecule has 1 unspecified atom stereocenters. The van der Waals surface area contributed by atoms with Gasteiger partial charge < -0.3 is 14.7 Å². The van der Waals surface area contributed by atoms with Crippen LogP contribution in [-0.2, 0) is 17.6 Å². The molecule has 104 valence electrons. The molecule has 0 saturated carbocycles. The maximum Gasteiger partial charge on any atom is 0.307 e. The Labute approximate surface area is 114 Å². The van der Waals surface area contributed by atoms with Crippen LogP contribution in [0.4, 0.5) is 0 Å². The fourth-order valence-electron chi connectivity index (χ4n) is 2.35. The van der Waals surface area contributed by atoms with Gasteiger partial charge >= 0.3 is 5.97 Å². The van der Waals surface area contributed by atoms with E-state index in [1.54, 1.807) is 6.92 Å². The first-order chi connectivity index (χ1) is 9.06. The molecule has 0 spiro atoms. The number of hydrogen-bond acceptors (Lipinski definition) is 3. The molecule has 0 aliphatic carbocycles. The highest BCUT2D eigenvalue weighted by Crippen LogP contribution is 2.25. The van der Waals surface area contributed by atoms with Crippen molar-refractivity contribution in [3.05, 3.63) is 29.3 Å². The van der Waals surface area contributed by atoms with Crippen molar-refractivity contribution in [2.24, 2.45) is 5.92 Å². The van der Waals surface area contributed by atoms with Crippen LogP contribution in [0.2, 0.25) is 0 Å². The molecule has 0 saturated heterocycles. The number of likely N-dealkylation sites (N-methyl/N-ethyl adjacent to an activating group) is 1. The number of fused-ring (bicyclic) bond motifs is 1. The Morgan fingerprint density at radius 2 is 2.32 bits per heavy atom. The SMILES string of the molecule is CC(CN(C)CCc1ccc2c(c1)CCO2)C(=O)O. The summed E-state index contributed by atoms with van der Waals surface area (Å²) in [6.07, 6.45) is 1.94. The number of benzene rings is 1. The highest BCUT2D eigenvalue weighted by molar-refractivity contribution is 5.69. The first-order valence-corrected chi connectivity index (χ1v) is 6.72. The van der Waals surface area contributed by atoms with Crippen LogP contribution in [0.3, 0.4) is 0 Å². The summed E-state index contributed by atoms with van der Waals surface area (Å²) < 4.78 is 5.48. The Morgan fingerprint density at radius 1 is 1.53 bits per heavy atom. The van der Waals surface area contributed by atoms with E-state index in [9.17, 15) is 4.79 Å². The summed E-state index contributed by atoms with van der Waals surface area (Å²) in [6, 6.07) is 6.34. The van der Waals surface area contributed by atoms with Crippen LogP contribution in [0.5, 0.6) is 5.75 Å². The lowest BCUT2D eigenvalue weighted by atomic mass is 10.1. The van der Waals surface area contributed by atoms with Crippen molar-refractivity contribution in [1.29, 1.82) is 0 Å². The van der Waals surface area contributed by atoms with E-state index in [0.29, 0.717) is 6.54 Å². The Balaban J connectivity index is 1.83. The molecule has 2 rings (SSSR count). The summed E-state index contributed by atoms with van der Waals surface area (Å²) in [7, 11) is 1.97. The predicted octanol–water partition coefficient (Wildman–Crippen LogP) is 1.82. The predicted molar refractivity (Wildman–Crippen MR) is 73.6 cm³/mol. The van der Waals surface area contributed by atoms with Crippen LogP contribution < -0.4 is 4.74 Å². The van der Waals surface area contributed by atoms with Gasteiger partial charge in [0.25, 0.3) is 0 Å². The molecule has 0 fully saturated rings. The van der Waals surface area contributed by atoms with Crippen molar-refractivity contribution in [2.45, 2.75) is 19.8 Å². The molecule has 1 atom stereocenters. The molecular weight excluding hydrogens is 242 g/mol. The number of carboxylic acids is 1. The van der Waals surface area contributed by atoms with Gasteiger partial charge in [-0.1, -0.05) is 19.1 Å². The van der Waals surface area contributed by atoms with Gasteiger partial charge in [0.1, 0.15) is 5.75 Å². The zero-order chi connectivity index (χ0) is 13.8. The number of ether oxygens (including phenoxy) is 1. The van der Waals surface area contributed by atoms with Crippen molar-refractivity contribution < 1.29 is 14.6 Å². The smallest absolute Gasteiger partial charge is 0.307 e. The van der Waals surface area contributed by atoms with Gasteiger partial charge in [0.2, 0.25) is 0 Å². The number of carboxylic acid groups (broad SMARTS) is 1. The highest BCUT2D eigenvalue weighted by atomic mass is 16.5. The Bertz CT molecular complexity index is 459. The van der Waals surface area contributed by atoms with Crippen LogP contribution in [0.15, 0.2) is 18.2 Å². The summed E-state index contributed by atoms with van der Waals surface area (Å²) in [5.74, 6) is -0.0449. The fraction of sp³-hybridized carbons (Fsp3) is 0.533. The Morgan fingerprint density at radius 3 is 3.05 bits per heavy atom. The summed E-state index contributed by atoms with van der Waals surface area (Å²) >= 11 is 0. The quantitative estimate of drug-likeness (QED) is 0.850. The van der Waals surface area contributed by atoms with Crippen LogP contribution >= 0.6 is 0 Å². The van der Waals surface area contributed by atoms with Gasteiger partial charge in [-0.25, -0.2) is 0 Å². The average Bonchev–Trinajstić information content (AvgIpc) is 2.83. The lowest BCUT2D eigenvalue weighted by molar-refractivity contribution is -0.141. The van der Waals surface area contributed by atoms with Gasteiger partial charge in [-0.15, -0.1) is 0 Å². The van der Waals surface area contributed by atoms with Gasteiger partial charge in [0, 0.05) is 19.5 Å². The van der Waals surface area contributed by atoms with E-state index in [-0.39, 0.29) is 5.92 Å². The molecule has 0 aromatic heterocycles. The van der Waals surface area contributed by atoms with E-state index >= 15 is 0 Å². The van der Waals surface area contributed by atoms with Crippen LogP contribution in [0.25, 0.3) is 0 Å². The summed E-state index contributed by atoms with van der Waals surface area (Å²) in [5.41, 5.74) is 2.58. The van der Waals surface area contributed by atoms with Gasteiger partial charge in [-0.2, -0.15) is 0 Å². The standard InChI is InChI=1S/C15H21NO3/c1-11(15(17)18)10-16(2)7-5-12-3-4-14-13(9-12)6-8-19-14/h3-4,9,11H,5-8,10H2,1-2H3,(H,17,18). The molecule has 1 aromatic rings. The minimum absolute atomic E-state index is 0.321. The first kappa shape index (κ1) is 13.9. The highest BCUT2D eigenvalue weighted by Gasteiger charge is 2.14. The van der Waals surface area contributed by atoms with E-state index in [1.165, 1.54) is 11.1 Å². The number of hydrogen-bond donors (Lipinski definition) is 1. The molecule has 4 heteroatoms. The second-order valence-electron chi connectivity index (χ2n) is 5.29. The number of nitrogens with zero attached hydrogens (tertiary/aromatic N) is 1. The molecule has 1 N–H and O–H groups in total. The Kier molecular flexibility index (Phi) is 4.43. The van der Waals surface area contributed by atoms with Crippen LogP contribution in [0.1, 0.15) is 18.1 Å². The van der Waals surface area contributed by atoms with E-state index in [1.807, 2.05) is 13.1 Å². The van der Waals surface area contributed by atoms with Gasteiger partial charge in [0.05, 0.1) is 12.5 Å². The van der Waals surface area contributed by atoms with E-state index < -0.39 is 5.97 Å².